The lowest BCUT2D eigenvalue weighted by atomic mass is 9.88. The quantitative estimate of drug-likeness (QED) is 0.674. The van der Waals surface area contributed by atoms with Crippen LogP contribution in [-0.4, -0.2) is 55.4 Å². The van der Waals surface area contributed by atoms with Crippen molar-refractivity contribution < 1.29 is 23.5 Å². The number of carbonyl (C=O) groups excluding carboxylic acids is 3. The molecule has 8 nitrogen and oxygen atoms in total. The summed E-state index contributed by atoms with van der Waals surface area (Å²) in [6.07, 6.45) is 3.49. The Bertz CT molecular complexity index is 888. The maximum Gasteiger partial charge on any atom is 0.289 e. The van der Waals surface area contributed by atoms with Crippen molar-refractivity contribution in [1.82, 2.24) is 15.5 Å². The highest BCUT2D eigenvalue weighted by Crippen LogP contribution is 2.23. The van der Waals surface area contributed by atoms with E-state index >= 15 is 0 Å². The number of piperidine rings is 1. The minimum absolute atomic E-state index is 0.0768. The Hall–Kier alpha value is -3.29. The van der Waals surface area contributed by atoms with E-state index in [1.165, 1.54) is 13.4 Å². The molecule has 2 aromatic rings. The molecule has 1 saturated heterocycles. The first-order chi connectivity index (χ1) is 15.0. The second kappa shape index (κ2) is 10.7. The van der Waals surface area contributed by atoms with Crippen molar-refractivity contribution in [3.63, 3.8) is 0 Å². The molecular formula is C23H29N3O5. The fraction of sp³-hybridized carbons (Fsp3) is 0.435. The lowest BCUT2D eigenvalue weighted by Crippen LogP contribution is -2.54. The van der Waals surface area contributed by atoms with Crippen LogP contribution in [0.25, 0.3) is 0 Å². The van der Waals surface area contributed by atoms with Crippen molar-refractivity contribution in [3.8, 4) is 5.75 Å². The number of methoxy groups -OCH3 is 1. The summed E-state index contributed by atoms with van der Waals surface area (Å²) in [4.78, 5) is 39.9. The molecule has 2 N–H and O–H groups in total. The molecule has 1 aromatic carbocycles. The Labute approximate surface area is 181 Å². The van der Waals surface area contributed by atoms with Gasteiger partial charge in [-0.15, -0.1) is 0 Å². The van der Waals surface area contributed by atoms with Crippen LogP contribution in [0.2, 0.25) is 0 Å². The summed E-state index contributed by atoms with van der Waals surface area (Å²) in [5.74, 6) is 0.118. The highest BCUT2D eigenvalue weighted by Gasteiger charge is 2.34. The summed E-state index contributed by atoms with van der Waals surface area (Å²) in [6, 6.07) is 9.47. The summed E-state index contributed by atoms with van der Waals surface area (Å²) < 4.78 is 10.4. The number of carbonyl (C=O) groups is 3. The molecule has 1 aliphatic rings. The van der Waals surface area contributed by atoms with Gasteiger partial charge in [0.1, 0.15) is 11.8 Å². The molecular weight excluding hydrogens is 398 g/mol. The third-order valence-corrected chi connectivity index (χ3v) is 5.48. The van der Waals surface area contributed by atoms with Gasteiger partial charge in [-0.2, -0.15) is 0 Å². The summed E-state index contributed by atoms with van der Waals surface area (Å²) >= 11 is 0. The Kier molecular flexibility index (Phi) is 7.70. The van der Waals surface area contributed by atoms with Gasteiger partial charge in [0.15, 0.2) is 5.76 Å². The molecule has 0 radical (unpaired) electrons. The number of likely N-dealkylation sites (tertiary alicyclic amines) is 1. The molecule has 3 rings (SSSR count). The second-order valence-corrected chi connectivity index (χ2v) is 7.58. The normalized spacial score (nSPS) is 15.2. The van der Waals surface area contributed by atoms with Crippen LogP contribution in [0.5, 0.6) is 5.75 Å². The van der Waals surface area contributed by atoms with Gasteiger partial charge in [-0.3, -0.25) is 14.4 Å². The van der Waals surface area contributed by atoms with Crippen molar-refractivity contribution in [2.24, 2.45) is 5.92 Å². The molecule has 0 bridgehead atoms. The van der Waals surface area contributed by atoms with Crippen LogP contribution in [0.3, 0.4) is 0 Å². The van der Waals surface area contributed by atoms with Gasteiger partial charge in [0, 0.05) is 25.2 Å². The number of amides is 3. The van der Waals surface area contributed by atoms with Crippen molar-refractivity contribution in [1.29, 1.82) is 0 Å². The molecule has 0 spiro atoms. The van der Waals surface area contributed by atoms with Gasteiger partial charge in [-0.1, -0.05) is 13.0 Å². The lowest BCUT2D eigenvalue weighted by molar-refractivity contribution is -0.124. The number of nitrogens with one attached hydrogen (secondary N) is 2. The van der Waals surface area contributed by atoms with Crippen LogP contribution in [0.4, 0.5) is 0 Å². The van der Waals surface area contributed by atoms with E-state index in [9.17, 15) is 14.4 Å². The molecule has 0 saturated carbocycles. The number of ether oxygens (including phenoxy) is 1. The average Bonchev–Trinajstić information content (AvgIpc) is 3.35. The van der Waals surface area contributed by atoms with Crippen LogP contribution in [-0.2, 0) is 4.79 Å². The largest absolute Gasteiger partial charge is 0.497 e. The smallest absolute Gasteiger partial charge is 0.289 e. The maximum absolute atomic E-state index is 12.8. The summed E-state index contributed by atoms with van der Waals surface area (Å²) in [5.41, 5.74) is 0.429. The minimum atomic E-state index is -0.675. The van der Waals surface area contributed by atoms with E-state index in [0.717, 1.165) is 6.42 Å². The van der Waals surface area contributed by atoms with E-state index in [0.29, 0.717) is 49.5 Å². The Balaban J connectivity index is 1.68. The van der Waals surface area contributed by atoms with Crippen molar-refractivity contribution in [2.45, 2.75) is 32.2 Å². The van der Waals surface area contributed by atoms with Crippen LogP contribution in [0.15, 0.2) is 47.1 Å². The molecule has 0 aliphatic carbocycles. The molecule has 3 amide bonds. The fourth-order valence-corrected chi connectivity index (χ4v) is 3.74. The monoisotopic (exact) mass is 427 g/mol. The predicted molar refractivity (Wildman–Crippen MR) is 115 cm³/mol. The number of hydrogen-bond acceptors (Lipinski definition) is 5. The van der Waals surface area contributed by atoms with Crippen LogP contribution >= 0.6 is 0 Å². The predicted octanol–water partition coefficient (Wildman–Crippen LogP) is 2.47. The van der Waals surface area contributed by atoms with Gasteiger partial charge in [-0.25, -0.2) is 0 Å². The zero-order valence-corrected chi connectivity index (χ0v) is 17.9. The number of rotatable bonds is 8. The van der Waals surface area contributed by atoms with Gasteiger partial charge in [0.25, 0.3) is 11.8 Å². The lowest BCUT2D eigenvalue weighted by Gasteiger charge is -2.35. The average molecular weight is 428 g/mol. The third-order valence-electron chi connectivity index (χ3n) is 5.48. The molecule has 0 unspecified atom stereocenters. The van der Waals surface area contributed by atoms with Gasteiger partial charge in [0.05, 0.1) is 13.4 Å². The number of nitrogens with zero attached hydrogens (tertiary/aromatic N) is 1. The molecule has 31 heavy (non-hydrogen) atoms. The molecule has 166 valence electrons. The first-order valence-corrected chi connectivity index (χ1v) is 10.6. The Morgan fingerprint density at radius 1 is 1.19 bits per heavy atom. The summed E-state index contributed by atoms with van der Waals surface area (Å²) in [6.45, 7) is 3.51. The van der Waals surface area contributed by atoms with E-state index < -0.39 is 6.04 Å². The Morgan fingerprint density at radius 2 is 1.97 bits per heavy atom. The first kappa shape index (κ1) is 22.4. The molecule has 1 fully saturated rings. The van der Waals surface area contributed by atoms with Gasteiger partial charge < -0.3 is 24.7 Å². The van der Waals surface area contributed by atoms with Crippen LogP contribution in [0, 0.1) is 5.92 Å². The fourth-order valence-electron chi connectivity index (χ4n) is 3.74. The zero-order chi connectivity index (χ0) is 22.2. The van der Waals surface area contributed by atoms with E-state index in [4.69, 9.17) is 9.15 Å². The van der Waals surface area contributed by atoms with Gasteiger partial charge in [-0.05, 0) is 55.5 Å². The van der Waals surface area contributed by atoms with E-state index in [-0.39, 0.29) is 23.6 Å². The van der Waals surface area contributed by atoms with E-state index in [2.05, 4.69) is 10.6 Å². The van der Waals surface area contributed by atoms with Crippen LogP contribution < -0.4 is 15.4 Å². The maximum atomic E-state index is 12.8. The van der Waals surface area contributed by atoms with Gasteiger partial charge in [0.2, 0.25) is 5.91 Å². The standard InChI is InChI=1S/C23H29N3O5/c1-3-11-24-22(28)20(25-21(27)17-6-4-7-18(15-17)30-2)16-9-12-26(13-10-16)23(29)19-8-5-14-31-19/h4-8,14-16,20H,3,9-13H2,1-2H3,(H,24,28)(H,25,27)/t20-/m0/s1. The topological polar surface area (TPSA) is 101 Å². The Morgan fingerprint density at radius 3 is 2.61 bits per heavy atom. The molecule has 1 aromatic heterocycles. The minimum Gasteiger partial charge on any atom is -0.497 e. The van der Waals surface area contributed by atoms with E-state index in [1.807, 2.05) is 6.92 Å². The van der Waals surface area contributed by atoms with Crippen molar-refractivity contribution in [2.75, 3.05) is 26.7 Å². The second-order valence-electron chi connectivity index (χ2n) is 7.58. The number of furan rings is 1. The van der Waals surface area contributed by atoms with Crippen molar-refractivity contribution in [3.05, 3.63) is 54.0 Å². The van der Waals surface area contributed by atoms with Gasteiger partial charge >= 0.3 is 0 Å². The molecule has 2 heterocycles. The highest BCUT2D eigenvalue weighted by molar-refractivity contribution is 5.98. The van der Waals surface area contributed by atoms with Crippen LogP contribution in [0.1, 0.15) is 47.1 Å². The SMILES string of the molecule is CCCNC(=O)[C@@H](NC(=O)c1cccc(OC)c1)C1CCN(C(=O)c2ccco2)CC1. The van der Waals surface area contributed by atoms with E-state index in [1.54, 1.807) is 41.3 Å². The number of hydrogen-bond donors (Lipinski definition) is 2. The highest BCUT2D eigenvalue weighted by atomic mass is 16.5. The summed E-state index contributed by atoms with van der Waals surface area (Å²) in [5, 5.41) is 5.80. The third kappa shape index (κ3) is 5.65. The first-order valence-electron chi connectivity index (χ1n) is 10.6. The molecule has 1 aliphatic heterocycles. The zero-order valence-electron chi connectivity index (χ0n) is 17.9. The summed E-state index contributed by atoms with van der Waals surface area (Å²) in [7, 11) is 1.54. The molecule has 1 atom stereocenters. The number of benzene rings is 1. The molecule has 8 heteroatoms. The van der Waals surface area contributed by atoms with Crippen molar-refractivity contribution >= 4 is 17.7 Å².